The lowest BCUT2D eigenvalue weighted by Crippen LogP contribution is -2.49. The van der Waals surface area contributed by atoms with E-state index in [0.717, 1.165) is 17.7 Å². The molecule has 2 aromatic rings. The molecule has 1 unspecified atom stereocenters. The summed E-state index contributed by atoms with van der Waals surface area (Å²) in [4.78, 5) is 16.6. The number of carbonyl (C=O) groups is 1. The first-order chi connectivity index (χ1) is 14.3. The van der Waals surface area contributed by atoms with Crippen LogP contribution in [0.1, 0.15) is 42.9 Å². The Kier molecular flexibility index (Phi) is 5.73. The zero-order valence-corrected chi connectivity index (χ0v) is 16.8. The Morgan fingerprint density at radius 2 is 1.77 bits per heavy atom. The molecule has 0 aromatic heterocycles. The number of phenolic OH excluding ortho intramolecular Hbond substituents is 1. The van der Waals surface area contributed by atoms with E-state index < -0.39 is 23.8 Å². The fourth-order valence-corrected chi connectivity index (χ4v) is 4.67. The van der Waals surface area contributed by atoms with Crippen LogP contribution in [0, 0.1) is 11.6 Å². The number of piperidine rings is 1. The van der Waals surface area contributed by atoms with Crippen LogP contribution in [0.2, 0.25) is 0 Å². The molecule has 160 valence electrons. The van der Waals surface area contributed by atoms with E-state index in [-0.39, 0.29) is 30.2 Å². The lowest BCUT2D eigenvalue weighted by molar-refractivity contribution is -0.134. The molecule has 0 saturated carbocycles. The number of phenols is 1. The van der Waals surface area contributed by atoms with Crippen molar-refractivity contribution >= 4 is 5.91 Å². The number of alkyl halides is 1. The van der Waals surface area contributed by atoms with E-state index in [1.807, 2.05) is 4.90 Å². The van der Waals surface area contributed by atoms with Gasteiger partial charge in [0.15, 0.2) is 11.6 Å². The Morgan fingerprint density at radius 3 is 2.43 bits per heavy atom. The lowest BCUT2D eigenvalue weighted by Gasteiger charge is -2.38. The molecule has 4 nitrogen and oxygen atoms in total. The van der Waals surface area contributed by atoms with Gasteiger partial charge in [0.1, 0.15) is 11.9 Å². The summed E-state index contributed by atoms with van der Waals surface area (Å²) in [5.74, 6) is -2.04. The highest BCUT2D eigenvalue weighted by atomic mass is 19.2. The maximum atomic E-state index is 15.0. The molecule has 0 radical (unpaired) electrons. The Balaban J connectivity index is 1.41. The predicted molar refractivity (Wildman–Crippen MR) is 107 cm³/mol. The van der Waals surface area contributed by atoms with E-state index in [0.29, 0.717) is 31.5 Å². The van der Waals surface area contributed by atoms with Crippen LogP contribution in [0.25, 0.3) is 0 Å². The first-order valence-corrected chi connectivity index (χ1v) is 10.3. The minimum atomic E-state index is -1.10. The Morgan fingerprint density at radius 1 is 1.03 bits per heavy atom. The van der Waals surface area contributed by atoms with Gasteiger partial charge in [-0.05, 0) is 61.7 Å². The molecule has 2 aromatic carbocycles. The van der Waals surface area contributed by atoms with Gasteiger partial charge in [0.25, 0.3) is 0 Å². The molecule has 4 rings (SSSR count). The Bertz CT molecular complexity index is 921. The Hall–Kier alpha value is -2.54. The predicted octanol–water partition coefficient (Wildman–Crippen LogP) is 4.16. The molecule has 2 saturated heterocycles. The van der Waals surface area contributed by atoms with Gasteiger partial charge in [-0.25, -0.2) is 13.2 Å². The highest BCUT2D eigenvalue weighted by Gasteiger charge is 2.42. The topological polar surface area (TPSA) is 43.8 Å². The first-order valence-electron chi connectivity index (χ1n) is 10.3. The summed E-state index contributed by atoms with van der Waals surface area (Å²) in [6.07, 6.45) is 0.0755. The number of nitrogens with zero attached hydrogens (tertiary/aromatic N) is 2. The maximum Gasteiger partial charge on any atom is 0.240 e. The van der Waals surface area contributed by atoms with Gasteiger partial charge in [-0.1, -0.05) is 18.2 Å². The van der Waals surface area contributed by atoms with E-state index in [1.54, 1.807) is 36.1 Å². The number of amides is 1. The number of hydrogen-bond donors (Lipinski definition) is 1. The number of aromatic hydroxyl groups is 1. The van der Waals surface area contributed by atoms with Crippen LogP contribution in [0.15, 0.2) is 42.5 Å². The maximum absolute atomic E-state index is 15.0. The summed E-state index contributed by atoms with van der Waals surface area (Å²) in [7, 11) is 0. The fraction of sp³-hybridized carbons (Fsp3) is 0.435. The molecular weight excluding hydrogens is 393 g/mol. The zero-order chi connectivity index (χ0) is 21.4. The third-order valence-corrected chi connectivity index (χ3v) is 6.44. The van der Waals surface area contributed by atoms with Gasteiger partial charge in [0.2, 0.25) is 5.91 Å². The smallest absolute Gasteiger partial charge is 0.240 e. The molecule has 1 N–H and O–H groups in total. The summed E-state index contributed by atoms with van der Waals surface area (Å²) >= 11 is 0. The van der Waals surface area contributed by atoms with Crippen molar-refractivity contribution in [3.63, 3.8) is 0 Å². The number of carbonyl (C=O) groups excluding carboxylic acids is 1. The van der Waals surface area contributed by atoms with E-state index >= 15 is 0 Å². The molecule has 30 heavy (non-hydrogen) atoms. The molecule has 0 spiro atoms. The Labute approximate surface area is 173 Å². The molecule has 2 aliphatic rings. The average Bonchev–Trinajstić information content (AvgIpc) is 3.11. The van der Waals surface area contributed by atoms with Crippen molar-refractivity contribution in [1.29, 1.82) is 0 Å². The molecule has 2 heterocycles. The quantitative estimate of drug-likeness (QED) is 0.811. The fourth-order valence-electron chi connectivity index (χ4n) is 4.67. The van der Waals surface area contributed by atoms with Crippen LogP contribution < -0.4 is 0 Å². The molecule has 7 heteroatoms. The van der Waals surface area contributed by atoms with Crippen LogP contribution in [0.5, 0.6) is 5.75 Å². The number of hydrogen-bond acceptors (Lipinski definition) is 3. The second kappa shape index (κ2) is 8.30. The zero-order valence-electron chi connectivity index (χ0n) is 16.8. The largest absolute Gasteiger partial charge is 0.508 e. The van der Waals surface area contributed by atoms with E-state index in [2.05, 4.69) is 0 Å². The molecule has 0 bridgehead atoms. The highest BCUT2D eigenvalue weighted by molar-refractivity contribution is 5.84. The van der Waals surface area contributed by atoms with Gasteiger partial charge in [-0.2, -0.15) is 0 Å². The van der Waals surface area contributed by atoms with Gasteiger partial charge in [0.05, 0.1) is 12.1 Å². The van der Waals surface area contributed by atoms with Crippen molar-refractivity contribution < 1.29 is 23.1 Å². The average molecular weight is 418 g/mol. The molecule has 2 aliphatic heterocycles. The SMILES string of the molecule is C[C@@H](c1ccc(F)c(F)c1)N1CCC(N2CC[C@@H](c3ccc(O)cc3)[C@H](F)C2)C1=O. The first kappa shape index (κ1) is 20.7. The highest BCUT2D eigenvalue weighted by Crippen LogP contribution is 2.35. The minimum Gasteiger partial charge on any atom is -0.508 e. The lowest BCUT2D eigenvalue weighted by atomic mass is 9.87. The molecular formula is C23H25F3N2O2. The third kappa shape index (κ3) is 3.90. The second-order valence-corrected chi connectivity index (χ2v) is 8.18. The van der Waals surface area contributed by atoms with Crippen molar-refractivity contribution in [2.24, 2.45) is 0 Å². The number of rotatable bonds is 4. The molecule has 1 amide bonds. The van der Waals surface area contributed by atoms with Crippen LogP contribution >= 0.6 is 0 Å². The number of likely N-dealkylation sites (tertiary alicyclic amines) is 2. The van der Waals surface area contributed by atoms with Crippen molar-refractivity contribution in [1.82, 2.24) is 9.80 Å². The van der Waals surface area contributed by atoms with Crippen molar-refractivity contribution in [2.75, 3.05) is 19.6 Å². The van der Waals surface area contributed by atoms with Crippen molar-refractivity contribution in [2.45, 2.75) is 43.9 Å². The van der Waals surface area contributed by atoms with Crippen LogP contribution in [-0.4, -0.2) is 52.7 Å². The number of halogens is 3. The van der Waals surface area contributed by atoms with Crippen LogP contribution in [-0.2, 0) is 4.79 Å². The van der Waals surface area contributed by atoms with Crippen molar-refractivity contribution in [3.05, 3.63) is 65.2 Å². The van der Waals surface area contributed by atoms with E-state index in [9.17, 15) is 23.1 Å². The molecule has 2 fully saturated rings. The third-order valence-electron chi connectivity index (χ3n) is 6.44. The van der Waals surface area contributed by atoms with Crippen LogP contribution in [0.3, 0.4) is 0 Å². The summed E-state index contributed by atoms with van der Waals surface area (Å²) < 4.78 is 41.8. The van der Waals surface area contributed by atoms with E-state index in [1.165, 1.54) is 6.07 Å². The van der Waals surface area contributed by atoms with Gasteiger partial charge in [-0.3, -0.25) is 9.69 Å². The summed E-state index contributed by atoms with van der Waals surface area (Å²) in [6.45, 7) is 3.07. The van der Waals surface area contributed by atoms with Gasteiger partial charge in [0, 0.05) is 19.0 Å². The van der Waals surface area contributed by atoms with Crippen molar-refractivity contribution in [3.8, 4) is 5.75 Å². The van der Waals surface area contributed by atoms with Gasteiger partial charge < -0.3 is 10.0 Å². The normalized spacial score (nSPS) is 26.2. The van der Waals surface area contributed by atoms with Gasteiger partial charge >= 0.3 is 0 Å². The van der Waals surface area contributed by atoms with E-state index in [4.69, 9.17) is 0 Å². The van der Waals surface area contributed by atoms with Gasteiger partial charge in [-0.15, -0.1) is 0 Å². The summed E-state index contributed by atoms with van der Waals surface area (Å²) in [5, 5.41) is 9.43. The minimum absolute atomic E-state index is 0.0949. The van der Waals surface area contributed by atoms with Crippen LogP contribution in [0.4, 0.5) is 13.2 Å². The molecule has 4 atom stereocenters. The standard InChI is InChI=1S/C23H25F3N2O2/c1-14(16-4-7-19(24)20(25)12-16)28-11-9-22(23(28)30)27-10-8-18(21(26)13-27)15-2-5-17(29)6-3-15/h2-7,12,14,18,21-22,29H,8-11,13H2,1H3/t14-,18-,21+,22?/m0/s1. The monoisotopic (exact) mass is 418 g/mol. The summed E-state index contributed by atoms with van der Waals surface area (Å²) in [5.41, 5.74) is 1.39. The second-order valence-electron chi connectivity index (χ2n) is 8.18. The summed E-state index contributed by atoms with van der Waals surface area (Å²) in [6, 6.07) is 9.53. The molecule has 0 aliphatic carbocycles. The number of benzene rings is 2.